The average Bonchev–Trinajstić information content (AvgIpc) is 3.08. The van der Waals surface area contributed by atoms with E-state index in [0.29, 0.717) is 25.3 Å². The molecule has 0 bridgehead atoms. The van der Waals surface area contributed by atoms with Crippen LogP contribution < -0.4 is 4.90 Å². The third-order valence-electron chi connectivity index (χ3n) is 3.69. The number of hydrogen-bond acceptors (Lipinski definition) is 5. The molecule has 0 spiro atoms. The van der Waals surface area contributed by atoms with E-state index in [1.807, 2.05) is 24.9 Å². The van der Waals surface area contributed by atoms with Gasteiger partial charge in [-0.05, 0) is 13.0 Å². The summed E-state index contributed by atoms with van der Waals surface area (Å²) in [5.41, 5.74) is 2.47. The molecule has 1 aromatic carbocycles. The smallest absolute Gasteiger partial charge is 0.188 e. The van der Waals surface area contributed by atoms with Gasteiger partial charge in [0.05, 0.1) is 17.0 Å². The van der Waals surface area contributed by atoms with Crippen LogP contribution in [-0.2, 0) is 18.3 Å². The molecule has 5 nitrogen and oxygen atoms in total. The van der Waals surface area contributed by atoms with Crippen molar-refractivity contribution in [2.24, 2.45) is 7.05 Å². The lowest BCUT2D eigenvalue weighted by molar-refractivity contribution is 0.205. The summed E-state index contributed by atoms with van der Waals surface area (Å²) in [6.45, 7) is 3.64. The number of ether oxygens (including phenoxy) is 1. The van der Waals surface area contributed by atoms with Crippen molar-refractivity contribution in [2.45, 2.75) is 13.5 Å². The Kier molecular flexibility index (Phi) is 4.58. The fourth-order valence-electron chi connectivity index (χ4n) is 2.49. The van der Waals surface area contributed by atoms with Gasteiger partial charge in [0.25, 0.3) is 0 Å². The third-order valence-corrected chi connectivity index (χ3v) is 4.90. The number of thiazole rings is 1. The highest BCUT2D eigenvalue weighted by Crippen LogP contribution is 2.31. The number of benzene rings is 1. The Hall–Kier alpha value is -1.99. The Bertz CT molecular complexity index is 779. The fraction of sp³-hybridized carbons (Fsp3) is 0.375. The van der Waals surface area contributed by atoms with E-state index in [2.05, 4.69) is 10.1 Å². The minimum absolute atomic E-state index is 0.200. The van der Waals surface area contributed by atoms with Gasteiger partial charge in [-0.15, -0.1) is 0 Å². The van der Waals surface area contributed by atoms with E-state index in [0.717, 1.165) is 21.2 Å². The van der Waals surface area contributed by atoms with Crippen LogP contribution in [-0.4, -0.2) is 35.0 Å². The van der Waals surface area contributed by atoms with Crippen molar-refractivity contribution in [3.05, 3.63) is 41.3 Å². The highest BCUT2D eigenvalue weighted by atomic mass is 32.1. The van der Waals surface area contributed by atoms with Gasteiger partial charge in [0, 0.05) is 32.8 Å². The van der Waals surface area contributed by atoms with E-state index in [9.17, 15) is 4.39 Å². The largest absolute Gasteiger partial charge is 0.383 e. The van der Waals surface area contributed by atoms with Crippen LogP contribution in [0.15, 0.2) is 24.3 Å². The molecule has 0 fully saturated rings. The molecule has 0 aliphatic rings. The van der Waals surface area contributed by atoms with Gasteiger partial charge in [0.1, 0.15) is 5.82 Å². The van der Waals surface area contributed by atoms with Crippen LogP contribution in [0.4, 0.5) is 9.52 Å². The molecule has 2 heterocycles. The Morgan fingerprint density at radius 1 is 1.35 bits per heavy atom. The number of halogens is 1. The van der Waals surface area contributed by atoms with Crippen LogP contribution in [0.2, 0.25) is 0 Å². The zero-order valence-electron chi connectivity index (χ0n) is 13.4. The van der Waals surface area contributed by atoms with Crippen LogP contribution in [0.1, 0.15) is 11.3 Å². The maximum atomic E-state index is 14.0. The van der Waals surface area contributed by atoms with E-state index in [-0.39, 0.29) is 5.82 Å². The lowest BCUT2D eigenvalue weighted by atomic mass is 10.2. The number of methoxy groups -OCH3 is 1. The summed E-state index contributed by atoms with van der Waals surface area (Å²) in [5.74, 6) is -0.200. The van der Waals surface area contributed by atoms with Crippen LogP contribution in [0.25, 0.3) is 10.3 Å². The third kappa shape index (κ3) is 3.20. The molecule has 0 amide bonds. The van der Waals surface area contributed by atoms with Crippen molar-refractivity contribution in [3.8, 4) is 0 Å². The van der Waals surface area contributed by atoms with Gasteiger partial charge in [0.15, 0.2) is 10.8 Å². The monoisotopic (exact) mass is 334 g/mol. The Balaban J connectivity index is 1.93. The maximum absolute atomic E-state index is 14.0. The number of rotatable bonds is 6. The standard InChI is InChI=1S/C16H19FN4OS/c1-11-14-15(20(2)19-11)18-16(23-14)21(8-9-22-3)10-12-6-4-5-7-13(12)17/h4-7H,8-10H2,1-3H3. The summed E-state index contributed by atoms with van der Waals surface area (Å²) in [4.78, 5) is 6.73. The van der Waals surface area contributed by atoms with E-state index >= 15 is 0 Å². The SMILES string of the molecule is COCCN(Cc1ccccc1F)c1nc2c(s1)c(C)nn2C. The number of aryl methyl sites for hydroxylation is 2. The molecule has 0 aliphatic carbocycles. The van der Waals surface area contributed by atoms with E-state index in [1.54, 1.807) is 35.3 Å². The number of anilines is 1. The molecule has 23 heavy (non-hydrogen) atoms. The van der Waals surface area contributed by atoms with Crippen LogP contribution in [0.5, 0.6) is 0 Å². The van der Waals surface area contributed by atoms with Crippen molar-refractivity contribution in [1.29, 1.82) is 0 Å². The summed E-state index contributed by atoms with van der Waals surface area (Å²) >= 11 is 1.58. The molecule has 3 aromatic rings. The van der Waals surface area contributed by atoms with Gasteiger partial charge >= 0.3 is 0 Å². The predicted molar refractivity (Wildman–Crippen MR) is 90.4 cm³/mol. The number of fused-ring (bicyclic) bond motifs is 1. The molecular formula is C16H19FN4OS. The molecule has 122 valence electrons. The number of aromatic nitrogens is 3. The van der Waals surface area contributed by atoms with Gasteiger partial charge in [0.2, 0.25) is 0 Å². The minimum atomic E-state index is -0.200. The molecule has 0 saturated heterocycles. The quantitative estimate of drug-likeness (QED) is 0.695. The first kappa shape index (κ1) is 15.9. The molecule has 0 N–H and O–H groups in total. The molecule has 2 aromatic heterocycles. The minimum Gasteiger partial charge on any atom is -0.383 e. The molecule has 0 radical (unpaired) electrons. The van der Waals surface area contributed by atoms with Crippen molar-refractivity contribution < 1.29 is 9.13 Å². The Labute approximate surface area is 138 Å². The van der Waals surface area contributed by atoms with Crippen LogP contribution >= 0.6 is 11.3 Å². The zero-order valence-corrected chi connectivity index (χ0v) is 14.2. The van der Waals surface area contributed by atoms with E-state index in [1.165, 1.54) is 6.07 Å². The highest BCUT2D eigenvalue weighted by Gasteiger charge is 2.18. The van der Waals surface area contributed by atoms with Crippen LogP contribution in [0.3, 0.4) is 0 Å². The topological polar surface area (TPSA) is 43.2 Å². The second kappa shape index (κ2) is 6.64. The molecule has 7 heteroatoms. The lowest BCUT2D eigenvalue weighted by Gasteiger charge is -2.21. The number of hydrogen-bond donors (Lipinski definition) is 0. The van der Waals surface area contributed by atoms with E-state index in [4.69, 9.17) is 4.74 Å². The second-order valence-corrected chi connectivity index (χ2v) is 6.34. The van der Waals surface area contributed by atoms with Crippen LogP contribution in [0, 0.1) is 12.7 Å². The summed E-state index contributed by atoms with van der Waals surface area (Å²) in [6.07, 6.45) is 0. The molecule has 3 rings (SSSR count). The predicted octanol–water partition coefficient (Wildman–Crippen LogP) is 3.13. The average molecular weight is 334 g/mol. The summed E-state index contributed by atoms with van der Waals surface area (Å²) in [7, 11) is 3.54. The summed E-state index contributed by atoms with van der Waals surface area (Å²) in [6, 6.07) is 6.83. The van der Waals surface area contributed by atoms with Crippen molar-refractivity contribution in [2.75, 3.05) is 25.2 Å². The molecule has 0 aliphatic heterocycles. The first-order chi connectivity index (χ1) is 11.1. The summed E-state index contributed by atoms with van der Waals surface area (Å²) < 4.78 is 22.0. The molecule has 0 saturated carbocycles. The highest BCUT2D eigenvalue weighted by molar-refractivity contribution is 7.22. The lowest BCUT2D eigenvalue weighted by Crippen LogP contribution is -2.27. The molecule has 0 atom stereocenters. The van der Waals surface area contributed by atoms with Crippen molar-refractivity contribution >= 4 is 26.8 Å². The first-order valence-electron chi connectivity index (χ1n) is 7.37. The number of nitrogens with zero attached hydrogens (tertiary/aromatic N) is 4. The zero-order chi connectivity index (χ0) is 16.4. The normalized spacial score (nSPS) is 11.3. The summed E-state index contributed by atoms with van der Waals surface area (Å²) in [5, 5.41) is 5.23. The second-order valence-electron chi connectivity index (χ2n) is 5.36. The first-order valence-corrected chi connectivity index (χ1v) is 8.19. The van der Waals surface area contributed by atoms with Gasteiger partial charge < -0.3 is 9.64 Å². The maximum Gasteiger partial charge on any atom is 0.188 e. The Morgan fingerprint density at radius 3 is 2.83 bits per heavy atom. The van der Waals surface area contributed by atoms with Crippen molar-refractivity contribution in [1.82, 2.24) is 14.8 Å². The van der Waals surface area contributed by atoms with Gasteiger partial charge in [-0.2, -0.15) is 5.10 Å². The molecule has 0 unspecified atom stereocenters. The van der Waals surface area contributed by atoms with Gasteiger partial charge in [-0.1, -0.05) is 29.5 Å². The van der Waals surface area contributed by atoms with Gasteiger partial charge in [-0.25, -0.2) is 14.1 Å². The van der Waals surface area contributed by atoms with Crippen molar-refractivity contribution in [3.63, 3.8) is 0 Å². The Morgan fingerprint density at radius 2 is 2.13 bits per heavy atom. The van der Waals surface area contributed by atoms with Gasteiger partial charge in [-0.3, -0.25) is 0 Å². The molecular weight excluding hydrogens is 315 g/mol. The fourth-order valence-corrected chi connectivity index (χ4v) is 3.54. The van der Waals surface area contributed by atoms with E-state index < -0.39 is 0 Å².